The van der Waals surface area contributed by atoms with Gasteiger partial charge in [0, 0.05) is 11.0 Å². The fourth-order valence-electron chi connectivity index (χ4n) is 2.56. The van der Waals surface area contributed by atoms with Crippen LogP contribution >= 0.6 is 0 Å². The third-order valence-electron chi connectivity index (χ3n) is 3.71. The summed E-state index contributed by atoms with van der Waals surface area (Å²) in [5.74, 6) is 0. The van der Waals surface area contributed by atoms with E-state index in [4.69, 9.17) is 10.8 Å². The van der Waals surface area contributed by atoms with Crippen LogP contribution in [0.3, 0.4) is 0 Å². The van der Waals surface area contributed by atoms with Crippen molar-refractivity contribution in [2.75, 3.05) is 6.61 Å². The maximum Gasteiger partial charge on any atom is 0.0633 e. The van der Waals surface area contributed by atoms with Gasteiger partial charge in [-0.2, -0.15) is 0 Å². The third-order valence-corrected chi connectivity index (χ3v) is 3.71. The van der Waals surface area contributed by atoms with Gasteiger partial charge in [0.2, 0.25) is 0 Å². The molecule has 2 atom stereocenters. The Morgan fingerprint density at radius 2 is 2.09 bits per heavy atom. The Kier molecular flexibility index (Phi) is 1.35. The van der Waals surface area contributed by atoms with E-state index in [0.29, 0.717) is 6.42 Å². The van der Waals surface area contributed by atoms with Gasteiger partial charge in [0.05, 0.1) is 12.7 Å². The van der Waals surface area contributed by atoms with Crippen molar-refractivity contribution in [1.29, 1.82) is 0 Å². The topological polar surface area (TPSA) is 66.5 Å². The SMILES string of the molecule is N[C@@]1(CO)C[C@H](O)C12CCC2. The minimum atomic E-state index is -0.468. The highest BCUT2D eigenvalue weighted by Gasteiger charge is 2.65. The summed E-state index contributed by atoms with van der Waals surface area (Å²) in [6, 6.07) is 0. The van der Waals surface area contributed by atoms with E-state index in [1.165, 1.54) is 0 Å². The Morgan fingerprint density at radius 3 is 2.27 bits per heavy atom. The number of hydrogen-bond donors (Lipinski definition) is 3. The molecule has 0 amide bonds. The van der Waals surface area contributed by atoms with Crippen molar-refractivity contribution in [3.8, 4) is 0 Å². The summed E-state index contributed by atoms with van der Waals surface area (Å²) in [6.45, 7) is 0.0179. The molecule has 2 rings (SSSR count). The van der Waals surface area contributed by atoms with E-state index in [-0.39, 0.29) is 18.1 Å². The Labute approximate surface area is 66.2 Å². The second kappa shape index (κ2) is 1.97. The molecule has 2 saturated carbocycles. The van der Waals surface area contributed by atoms with Crippen molar-refractivity contribution in [3.63, 3.8) is 0 Å². The molecular weight excluding hydrogens is 142 g/mol. The van der Waals surface area contributed by atoms with Gasteiger partial charge in [0.25, 0.3) is 0 Å². The van der Waals surface area contributed by atoms with E-state index >= 15 is 0 Å². The van der Waals surface area contributed by atoms with Crippen LogP contribution in [-0.4, -0.2) is 28.5 Å². The van der Waals surface area contributed by atoms with Crippen LogP contribution in [0.1, 0.15) is 25.7 Å². The molecule has 1 spiro atoms. The van der Waals surface area contributed by atoms with Crippen molar-refractivity contribution in [3.05, 3.63) is 0 Å². The van der Waals surface area contributed by atoms with E-state index in [1.54, 1.807) is 0 Å². The van der Waals surface area contributed by atoms with E-state index in [9.17, 15) is 5.11 Å². The van der Waals surface area contributed by atoms with Gasteiger partial charge in [-0.15, -0.1) is 0 Å². The quantitative estimate of drug-likeness (QED) is 0.485. The summed E-state index contributed by atoms with van der Waals surface area (Å²) in [5.41, 5.74) is 5.35. The molecule has 11 heavy (non-hydrogen) atoms. The predicted molar refractivity (Wildman–Crippen MR) is 40.9 cm³/mol. The number of hydrogen-bond acceptors (Lipinski definition) is 3. The minimum Gasteiger partial charge on any atom is -0.394 e. The third kappa shape index (κ3) is 0.643. The zero-order chi connectivity index (χ0) is 8.11. The van der Waals surface area contributed by atoms with Gasteiger partial charge in [-0.25, -0.2) is 0 Å². The molecule has 0 saturated heterocycles. The minimum absolute atomic E-state index is 0.0179. The maximum absolute atomic E-state index is 9.49. The zero-order valence-corrected chi connectivity index (χ0v) is 6.58. The molecule has 2 aliphatic carbocycles. The van der Waals surface area contributed by atoms with Gasteiger partial charge in [0.15, 0.2) is 0 Å². The van der Waals surface area contributed by atoms with Gasteiger partial charge in [0.1, 0.15) is 0 Å². The number of aliphatic hydroxyl groups excluding tert-OH is 2. The van der Waals surface area contributed by atoms with Gasteiger partial charge in [-0.3, -0.25) is 0 Å². The number of nitrogens with two attached hydrogens (primary N) is 1. The van der Waals surface area contributed by atoms with Crippen LogP contribution < -0.4 is 5.73 Å². The average molecular weight is 157 g/mol. The van der Waals surface area contributed by atoms with Gasteiger partial charge in [-0.05, 0) is 19.3 Å². The first-order valence-corrected chi connectivity index (χ1v) is 4.22. The summed E-state index contributed by atoms with van der Waals surface area (Å²) in [6.07, 6.45) is 3.45. The molecule has 0 heterocycles. The molecule has 0 bridgehead atoms. The Morgan fingerprint density at radius 1 is 1.45 bits per heavy atom. The molecule has 0 aliphatic heterocycles. The summed E-state index contributed by atoms with van der Waals surface area (Å²) in [7, 11) is 0. The van der Waals surface area contributed by atoms with E-state index in [1.807, 2.05) is 0 Å². The lowest BCUT2D eigenvalue weighted by Gasteiger charge is -2.65. The second-order valence-corrected chi connectivity index (χ2v) is 4.04. The first-order valence-electron chi connectivity index (χ1n) is 4.22. The molecule has 64 valence electrons. The summed E-state index contributed by atoms with van der Waals surface area (Å²) >= 11 is 0. The Hall–Kier alpha value is -0.120. The van der Waals surface area contributed by atoms with Crippen molar-refractivity contribution in [2.24, 2.45) is 11.1 Å². The molecule has 0 aromatic rings. The van der Waals surface area contributed by atoms with Gasteiger partial charge >= 0.3 is 0 Å². The molecule has 0 radical (unpaired) electrons. The average Bonchev–Trinajstić information content (AvgIpc) is 1.83. The molecule has 3 nitrogen and oxygen atoms in total. The normalized spacial score (nSPS) is 46.6. The lowest BCUT2D eigenvalue weighted by atomic mass is 9.44. The lowest BCUT2D eigenvalue weighted by molar-refractivity contribution is -0.196. The molecule has 0 unspecified atom stereocenters. The largest absolute Gasteiger partial charge is 0.394 e. The zero-order valence-electron chi connectivity index (χ0n) is 6.58. The van der Waals surface area contributed by atoms with Crippen LogP contribution in [0.5, 0.6) is 0 Å². The number of rotatable bonds is 1. The molecule has 0 aromatic carbocycles. The maximum atomic E-state index is 9.49. The van der Waals surface area contributed by atoms with Crippen LogP contribution in [0.4, 0.5) is 0 Å². The highest BCUT2D eigenvalue weighted by atomic mass is 16.3. The van der Waals surface area contributed by atoms with E-state index in [2.05, 4.69) is 0 Å². The first kappa shape index (κ1) is 7.53. The van der Waals surface area contributed by atoms with Crippen molar-refractivity contribution in [1.82, 2.24) is 0 Å². The van der Waals surface area contributed by atoms with Gasteiger partial charge in [-0.1, -0.05) is 6.42 Å². The summed E-state index contributed by atoms with van der Waals surface area (Å²) < 4.78 is 0. The van der Waals surface area contributed by atoms with Crippen LogP contribution in [0.15, 0.2) is 0 Å². The van der Waals surface area contributed by atoms with Crippen LogP contribution in [-0.2, 0) is 0 Å². The van der Waals surface area contributed by atoms with Gasteiger partial charge < -0.3 is 15.9 Å². The highest BCUT2D eigenvalue weighted by molar-refractivity contribution is 5.19. The standard InChI is InChI=1S/C8H15NO2/c9-8(5-10)4-6(11)7(8)2-1-3-7/h6,10-11H,1-5,9H2/t6-,8+/m0/s1. The van der Waals surface area contributed by atoms with Crippen molar-refractivity contribution >= 4 is 0 Å². The highest BCUT2D eigenvalue weighted by Crippen LogP contribution is 2.60. The van der Waals surface area contributed by atoms with Crippen molar-refractivity contribution < 1.29 is 10.2 Å². The summed E-state index contributed by atoms with van der Waals surface area (Å²) in [4.78, 5) is 0. The molecule has 4 N–H and O–H groups in total. The Balaban J connectivity index is 2.16. The lowest BCUT2D eigenvalue weighted by Crippen LogP contribution is -2.75. The first-order chi connectivity index (χ1) is 5.15. The van der Waals surface area contributed by atoms with E-state index < -0.39 is 5.54 Å². The fraction of sp³-hybridized carbons (Fsp3) is 1.00. The van der Waals surface area contributed by atoms with E-state index in [0.717, 1.165) is 19.3 Å². The molecule has 3 heteroatoms. The molecule has 2 aliphatic rings. The summed E-state index contributed by atoms with van der Waals surface area (Å²) in [5, 5.41) is 18.5. The smallest absolute Gasteiger partial charge is 0.0633 e. The predicted octanol–water partition coefficient (Wildman–Crippen LogP) is -0.389. The molecule has 2 fully saturated rings. The monoisotopic (exact) mass is 157 g/mol. The second-order valence-electron chi connectivity index (χ2n) is 4.04. The van der Waals surface area contributed by atoms with Crippen molar-refractivity contribution in [2.45, 2.75) is 37.3 Å². The number of aliphatic hydroxyl groups is 2. The fourth-order valence-corrected chi connectivity index (χ4v) is 2.56. The molecule has 0 aromatic heterocycles. The Bertz CT molecular complexity index is 179. The van der Waals surface area contributed by atoms with Crippen LogP contribution in [0.25, 0.3) is 0 Å². The van der Waals surface area contributed by atoms with Crippen LogP contribution in [0, 0.1) is 5.41 Å². The molecular formula is C8H15NO2. The van der Waals surface area contributed by atoms with Crippen LogP contribution in [0.2, 0.25) is 0 Å².